The minimum atomic E-state index is -1.29. The van der Waals surface area contributed by atoms with Crippen molar-refractivity contribution in [1.29, 1.82) is 0 Å². The molecule has 7 heteroatoms. The Morgan fingerprint density at radius 1 is 1.28 bits per heavy atom. The number of nitrogens with one attached hydrogen (secondary N) is 1. The lowest BCUT2D eigenvalue weighted by Gasteiger charge is -2.27. The molecule has 0 radical (unpaired) electrons. The highest BCUT2D eigenvalue weighted by Crippen LogP contribution is 2.06. The molecule has 104 valence electrons. The number of hydrogen-bond acceptors (Lipinski definition) is 3. The lowest BCUT2D eigenvalue weighted by Crippen LogP contribution is -2.50. The van der Waals surface area contributed by atoms with Crippen molar-refractivity contribution in [1.82, 2.24) is 10.2 Å². The van der Waals surface area contributed by atoms with Crippen LogP contribution < -0.4 is 11.1 Å². The zero-order valence-corrected chi connectivity index (χ0v) is 11.0. The maximum atomic E-state index is 11.8. The molecule has 0 aromatic carbocycles. The standard InChI is InChI=1S/C11H21N3O4/c1-4-7(5-2)14(3)11(18)13-8(10(16)17)6-9(12)15/h7-8H,4-6H2,1-3H3,(H2,12,15)(H,13,18)(H,16,17)/t8-/m1/s1. The van der Waals surface area contributed by atoms with Crippen LogP contribution in [-0.4, -0.2) is 47.0 Å². The van der Waals surface area contributed by atoms with Crippen molar-refractivity contribution >= 4 is 17.9 Å². The molecule has 0 fully saturated rings. The number of nitrogens with zero attached hydrogens (tertiary/aromatic N) is 1. The van der Waals surface area contributed by atoms with E-state index in [0.717, 1.165) is 12.8 Å². The normalized spacial score (nSPS) is 12.0. The predicted octanol–water partition coefficient (Wildman–Crippen LogP) is 0.145. The minimum Gasteiger partial charge on any atom is -0.480 e. The maximum absolute atomic E-state index is 11.8. The van der Waals surface area contributed by atoms with Crippen molar-refractivity contribution < 1.29 is 19.5 Å². The van der Waals surface area contributed by atoms with Gasteiger partial charge in [-0.05, 0) is 12.8 Å². The van der Waals surface area contributed by atoms with E-state index < -0.39 is 30.4 Å². The van der Waals surface area contributed by atoms with Crippen LogP contribution in [0.4, 0.5) is 4.79 Å². The minimum absolute atomic E-state index is 0.0352. The van der Waals surface area contributed by atoms with Crippen LogP contribution in [0.15, 0.2) is 0 Å². The fourth-order valence-corrected chi connectivity index (χ4v) is 1.65. The van der Waals surface area contributed by atoms with Crippen LogP contribution in [0.5, 0.6) is 0 Å². The number of urea groups is 1. The Hall–Kier alpha value is -1.79. The molecule has 0 aliphatic carbocycles. The Kier molecular flexibility index (Phi) is 6.77. The van der Waals surface area contributed by atoms with Crippen LogP contribution in [0, 0.1) is 0 Å². The summed E-state index contributed by atoms with van der Waals surface area (Å²) in [6.45, 7) is 3.88. The number of carboxylic acid groups (broad SMARTS) is 1. The highest BCUT2D eigenvalue weighted by molar-refractivity contribution is 5.87. The number of hydrogen-bond donors (Lipinski definition) is 3. The van der Waals surface area contributed by atoms with Gasteiger partial charge in [0.05, 0.1) is 6.42 Å². The van der Waals surface area contributed by atoms with Gasteiger partial charge in [0.1, 0.15) is 6.04 Å². The van der Waals surface area contributed by atoms with Gasteiger partial charge in [0.15, 0.2) is 0 Å². The van der Waals surface area contributed by atoms with Gasteiger partial charge in [0, 0.05) is 13.1 Å². The van der Waals surface area contributed by atoms with Crippen LogP contribution in [0.3, 0.4) is 0 Å². The molecule has 0 heterocycles. The topological polar surface area (TPSA) is 113 Å². The molecule has 0 aliphatic rings. The first-order chi connectivity index (χ1) is 8.33. The molecule has 0 saturated carbocycles. The number of primary amides is 1. The molecule has 7 nitrogen and oxygen atoms in total. The van der Waals surface area contributed by atoms with Gasteiger partial charge in [-0.3, -0.25) is 4.79 Å². The van der Waals surface area contributed by atoms with Crippen molar-refractivity contribution in [2.75, 3.05) is 7.05 Å². The Morgan fingerprint density at radius 3 is 2.11 bits per heavy atom. The second-order valence-electron chi connectivity index (χ2n) is 4.09. The molecule has 0 saturated heterocycles. The van der Waals surface area contributed by atoms with Gasteiger partial charge >= 0.3 is 12.0 Å². The molecule has 1 atom stereocenters. The van der Waals surface area contributed by atoms with E-state index in [2.05, 4.69) is 5.32 Å². The van der Waals surface area contributed by atoms with Gasteiger partial charge in [-0.25, -0.2) is 9.59 Å². The number of rotatable bonds is 7. The Morgan fingerprint density at radius 2 is 1.78 bits per heavy atom. The Bertz CT molecular complexity index is 315. The first-order valence-corrected chi connectivity index (χ1v) is 5.87. The van der Waals surface area contributed by atoms with Gasteiger partial charge in [-0.15, -0.1) is 0 Å². The number of aliphatic carboxylic acids is 1. The molecular formula is C11H21N3O4. The lowest BCUT2D eigenvalue weighted by atomic mass is 10.1. The van der Waals surface area contributed by atoms with Gasteiger partial charge in [-0.2, -0.15) is 0 Å². The number of amides is 3. The predicted molar refractivity (Wildman–Crippen MR) is 65.9 cm³/mol. The smallest absolute Gasteiger partial charge is 0.326 e. The van der Waals surface area contributed by atoms with E-state index in [-0.39, 0.29) is 6.04 Å². The van der Waals surface area contributed by atoms with Crippen LogP contribution in [0.2, 0.25) is 0 Å². The first kappa shape index (κ1) is 16.2. The average molecular weight is 259 g/mol. The zero-order valence-electron chi connectivity index (χ0n) is 11.0. The number of carbonyl (C=O) groups excluding carboxylic acids is 2. The largest absolute Gasteiger partial charge is 0.480 e. The fraction of sp³-hybridized carbons (Fsp3) is 0.727. The van der Waals surface area contributed by atoms with E-state index in [4.69, 9.17) is 10.8 Å². The summed E-state index contributed by atoms with van der Waals surface area (Å²) in [5, 5.41) is 11.1. The summed E-state index contributed by atoms with van der Waals surface area (Å²) in [5.41, 5.74) is 4.93. The van der Waals surface area contributed by atoms with Gasteiger partial charge in [0.2, 0.25) is 5.91 Å². The van der Waals surface area contributed by atoms with Crippen molar-refractivity contribution in [2.24, 2.45) is 5.73 Å². The second-order valence-corrected chi connectivity index (χ2v) is 4.09. The third kappa shape index (κ3) is 5.03. The van der Waals surface area contributed by atoms with E-state index in [1.807, 2.05) is 13.8 Å². The monoisotopic (exact) mass is 259 g/mol. The summed E-state index contributed by atoms with van der Waals surface area (Å²) >= 11 is 0. The van der Waals surface area contributed by atoms with Gasteiger partial charge in [-0.1, -0.05) is 13.8 Å². The SMILES string of the molecule is CCC(CC)N(C)C(=O)N[C@H](CC(N)=O)C(=O)O. The van der Waals surface area contributed by atoms with E-state index in [9.17, 15) is 14.4 Å². The highest BCUT2D eigenvalue weighted by Gasteiger charge is 2.25. The molecule has 0 aliphatic heterocycles. The molecule has 0 bridgehead atoms. The molecule has 0 unspecified atom stereocenters. The van der Waals surface area contributed by atoms with Gasteiger partial charge < -0.3 is 21.1 Å². The summed E-state index contributed by atoms with van der Waals surface area (Å²) in [7, 11) is 1.59. The number of carboxylic acids is 1. The quantitative estimate of drug-likeness (QED) is 0.603. The molecule has 0 aromatic heterocycles. The summed E-state index contributed by atoms with van der Waals surface area (Å²) in [6, 6.07) is -1.77. The van der Waals surface area contributed by atoms with E-state index in [1.165, 1.54) is 4.90 Å². The van der Waals surface area contributed by atoms with Crippen LogP contribution in [0.1, 0.15) is 33.1 Å². The van der Waals surface area contributed by atoms with Crippen LogP contribution in [-0.2, 0) is 9.59 Å². The second kappa shape index (κ2) is 7.52. The summed E-state index contributed by atoms with van der Waals surface area (Å²) in [4.78, 5) is 34.8. The molecule has 18 heavy (non-hydrogen) atoms. The van der Waals surface area contributed by atoms with Crippen molar-refractivity contribution in [3.8, 4) is 0 Å². The molecular weight excluding hydrogens is 238 g/mol. The molecule has 4 N–H and O–H groups in total. The van der Waals surface area contributed by atoms with E-state index in [1.54, 1.807) is 7.05 Å². The van der Waals surface area contributed by atoms with Gasteiger partial charge in [0.25, 0.3) is 0 Å². The third-order valence-electron chi connectivity index (χ3n) is 2.81. The Balaban J connectivity index is 4.59. The number of carbonyl (C=O) groups is 3. The number of nitrogens with two attached hydrogens (primary N) is 1. The molecule has 0 aromatic rings. The maximum Gasteiger partial charge on any atom is 0.326 e. The summed E-state index contributed by atoms with van der Waals surface area (Å²) in [5.74, 6) is -2.05. The van der Waals surface area contributed by atoms with Crippen molar-refractivity contribution in [3.63, 3.8) is 0 Å². The lowest BCUT2D eigenvalue weighted by molar-refractivity contribution is -0.141. The van der Waals surface area contributed by atoms with Crippen LogP contribution in [0.25, 0.3) is 0 Å². The Labute approximate surface area is 106 Å². The summed E-state index contributed by atoms with van der Waals surface area (Å²) < 4.78 is 0. The van der Waals surface area contributed by atoms with E-state index >= 15 is 0 Å². The highest BCUT2D eigenvalue weighted by atomic mass is 16.4. The molecule has 3 amide bonds. The fourth-order valence-electron chi connectivity index (χ4n) is 1.65. The zero-order chi connectivity index (χ0) is 14.3. The van der Waals surface area contributed by atoms with E-state index in [0.29, 0.717) is 0 Å². The summed E-state index contributed by atoms with van der Waals surface area (Å²) in [6.07, 6.45) is 1.12. The third-order valence-corrected chi connectivity index (χ3v) is 2.81. The molecule has 0 rings (SSSR count). The van der Waals surface area contributed by atoms with Crippen molar-refractivity contribution in [2.45, 2.75) is 45.2 Å². The molecule has 0 spiro atoms. The van der Waals surface area contributed by atoms with Crippen molar-refractivity contribution in [3.05, 3.63) is 0 Å². The van der Waals surface area contributed by atoms with Crippen LogP contribution >= 0.6 is 0 Å². The average Bonchev–Trinajstić information content (AvgIpc) is 2.28. The first-order valence-electron chi connectivity index (χ1n) is 5.87.